The van der Waals surface area contributed by atoms with Gasteiger partial charge in [-0.25, -0.2) is 4.99 Å². The van der Waals surface area contributed by atoms with Gasteiger partial charge >= 0.3 is 0 Å². The number of nitrogens with one attached hydrogen (secondary N) is 1. The maximum absolute atomic E-state index is 9.60. The largest absolute Gasteiger partial charge is 0.500 e. The van der Waals surface area contributed by atoms with Crippen LogP contribution in [0.4, 0.5) is 11.4 Å². The summed E-state index contributed by atoms with van der Waals surface area (Å²) in [5, 5.41) is 12.8. The van der Waals surface area contributed by atoms with E-state index >= 15 is 0 Å². The number of benzene rings is 2. The zero-order chi connectivity index (χ0) is 14.0. The number of halogens is 1. The SMILES string of the molecule is Cl.OC(=C=Nc1ccccc1)C=CCNc1ccccc1. The van der Waals surface area contributed by atoms with E-state index in [4.69, 9.17) is 0 Å². The summed E-state index contributed by atoms with van der Waals surface area (Å²) in [5.41, 5.74) is 1.80. The number of aliphatic imine (C=N–C) groups is 1. The highest BCUT2D eigenvalue weighted by Gasteiger charge is 1.87. The summed E-state index contributed by atoms with van der Waals surface area (Å²) in [6.45, 7) is 0.626. The van der Waals surface area contributed by atoms with Crippen molar-refractivity contribution in [2.45, 2.75) is 0 Å². The normalized spacial score (nSPS) is 9.52. The van der Waals surface area contributed by atoms with E-state index in [-0.39, 0.29) is 18.2 Å². The molecule has 21 heavy (non-hydrogen) atoms. The molecule has 0 saturated carbocycles. The first kappa shape index (κ1) is 16.6. The van der Waals surface area contributed by atoms with Gasteiger partial charge in [0.25, 0.3) is 0 Å². The molecule has 0 amide bonds. The summed E-state index contributed by atoms with van der Waals surface area (Å²) in [4.78, 5) is 4.03. The fraction of sp³-hybridized carbons (Fsp3) is 0.0588. The fourth-order valence-corrected chi connectivity index (χ4v) is 1.56. The van der Waals surface area contributed by atoms with Crippen LogP contribution in [-0.2, 0) is 0 Å². The number of hydrogen-bond acceptors (Lipinski definition) is 3. The smallest absolute Gasteiger partial charge is 0.178 e. The van der Waals surface area contributed by atoms with Crippen molar-refractivity contribution in [2.24, 2.45) is 4.99 Å². The van der Waals surface area contributed by atoms with Crippen LogP contribution in [0.2, 0.25) is 0 Å². The first-order chi connectivity index (χ1) is 9.84. The number of rotatable bonds is 5. The molecule has 2 N–H and O–H groups in total. The van der Waals surface area contributed by atoms with Crippen molar-refractivity contribution >= 4 is 29.7 Å². The first-order valence-electron chi connectivity index (χ1n) is 6.38. The van der Waals surface area contributed by atoms with Gasteiger partial charge in [0.05, 0.1) is 5.69 Å². The van der Waals surface area contributed by atoms with Crippen molar-refractivity contribution in [2.75, 3.05) is 11.9 Å². The third-order valence-electron chi connectivity index (χ3n) is 2.53. The lowest BCUT2D eigenvalue weighted by Crippen LogP contribution is -1.97. The number of nitrogens with zero attached hydrogens (tertiary/aromatic N) is 1. The number of anilines is 1. The van der Waals surface area contributed by atoms with Gasteiger partial charge in [0.2, 0.25) is 0 Å². The van der Waals surface area contributed by atoms with Gasteiger partial charge in [-0.1, -0.05) is 42.5 Å². The van der Waals surface area contributed by atoms with Gasteiger partial charge in [0.15, 0.2) is 5.76 Å². The molecule has 0 aliphatic rings. The van der Waals surface area contributed by atoms with Gasteiger partial charge in [0.1, 0.15) is 0 Å². The molecule has 2 aromatic carbocycles. The number of aliphatic hydroxyl groups excluding tert-OH is 1. The van der Waals surface area contributed by atoms with E-state index in [1.54, 1.807) is 6.08 Å². The molecule has 108 valence electrons. The molecule has 0 atom stereocenters. The molecule has 0 aliphatic carbocycles. The standard InChI is InChI=1S/C17H16N2O.ClH/c20-17(14-19-16-10-5-2-6-11-16)12-7-13-18-15-8-3-1-4-9-15;/h1-12,18,20H,13H2;1H. The molecule has 3 nitrogen and oxygen atoms in total. The number of aliphatic hydroxyl groups is 1. The monoisotopic (exact) mass is 300 g/mol. The summed E-state index contributed by atoms with van der Waals surface area (Å²) in [5.74, 6) is 2.58. The van der Waals surface area contributed by atoms with E-state index in [2.05, 4.69) is 16.2 Å². The van der Waals surface area contributed by atoms with Crippen LogP contribution >= 0.6 is 12.4 Å². The molecule has 4 heteroatoms. The van der Waals surface area contributed by atoms with Gasteiger partial charge in [-0.2, -0.15) is 0 Å². The number of allylic oxidation sites excluding steroid dienone is 1. The van der Waals surface area contributed by atoms with Crippen LogP contribution in [0.15, 0.2) is 83.6 Å². The average Bonchev–Trinajstić information content (AvgIpc) is 2.52. The molecule has 0 spiro atoms. The van der Waals surface area contributed by atoms with Crippen molar-refractivity contribution in [1.82, 2.24) is 0 Å². The molecule has 0 heterocycles. The van der Waals surface area contributed by atoms with Crippen LogP contribution < -0.4 is 5.32 Å². The summed E-state index contributed by atoms with van der Waals surface area (Å²) < 4.78 is 0. The Hall–Kier alpha value is -2.48. The van der Waals surface area contributed by atoms with Gasteiger partial charge < -0.3 is 10.4 Å². The highest BCUT2D eigenvalue weighted by atomic mass is 35.5. The van der Waals surface area contributed by atoms with E-state index in [0.29, 0.717) is 6.54 Å². The topological polar surface area (TPSA) is 44.6 Å². The lowest BCUT2D eigenvalue weighted by molar-refractivity contribution is 0.441. The maximum atomic E-state index is 9.60. The minimum Gasteiger partial charge on any atom is -0.500 e. The molecule has 2 rings (SSSR count). The second-order valence-corrected chi connectivity index (χ2v) is 4.09. The second kappa shape index (κ2) is 9.43. The van der Waals surface area contributed by atoms with Gasteiger partial charge in [0, 0.05) is 18.1 Å². The minimum atomic E-state index is 0. The molecule has 0 fully saturated rings. The van der Waals surface area contributed by atoms with E-state index < -0.39 is 0 Å². The van der Waals surface area contributed by atoms with Gasteiger partial charge in [-0.15, -0.1) is 12.4 Å². The van der Waals surface area contributed by atoms with Crippen LogP contribution in [0, 0.1) is 0 Å². The third kappa shape index (κ3) is 6.48. The molecule has 2 aromatic rings. The summed E-state index contributed by atoms with van der Waals surface area (Å²) >= 11 is 0. The quantitative estimate of drug-likeness (QED) is 0.484. The zero-order valence-electron chi connectivity index (χ0n) is 11.4. The Morgan fingerprint density at radius 2 is 1.67 bits per heavy atom. The average molecular weight is 301 g/mol. The highest BCUT2D eigenvalue weighted by Crippen LogP contribution is 2.08. The maximum Gasteiger partial charge on any atom is 0.178 e. The number of para-hydroxylation sites is 2. The Morgan fingerprint density at radius 1 is 1.05 bits per heavy atom. The summed E-state index contributed by atoms with van der Waals surface area (Å²) in [6.07, 6.45) is 3.39. The molecular weight excluding hydrogens is 284 g/mol. The third-order valence-corrected chi connectivity index (χ3v) is 2.53. The van der Waals surface area contributed by atoms with Crippen LogP contribution in [0.5, 0.6) is 0 Å². The lowest BCUT2D eigenvalue weighted by atomic mass is 10.3. The van der Waals surface area contributed by atoms with Crippen molar-refractivity contribution in [3.63, 3.8) is 0 Å². The molecule has 0 unspecified atom stereocenters. The Bertz CT molecular complexity index is 618. The van der Waals surface area contributed by atoms with Crippen LogP contribution in [-0.4, -0.2) is 17.5 Å². The molecular formula is C17H17ClN2O. The summed E-state index contributed by atoms with van der Waals surface area (Å²) in [7, 11) is 0. The van der Waals surface area contributed by atoms with E-state index in [1.165, 1.54) is 0 Å². The lowest BCUT2D eigenvalue weighted by Gasteiger charge is -2.00. The minimum absolute atomic E-state index is 0. The Balaban J connectivity index is 0.00000220. The molecule has 0 aliphatic heterocycles. The van der Waals surface area contributed by atoms with Gasteiger partial charge in [-0.3, -0.25) is 0 Å². The first-order valence-corrected chi connectivity index (χ1v) is 6.38. The van der Waals surface area contributed by atoms with Crippen molar-refractivity contribution < 1.29 is 5.11 Å². The Morgan fingerprint density at radius 3 is 2.33 bits per heavy atom. The van der Waals surface area contributed by atoms with E-state index in [9.17, 15) is 5.11 Å². The van der Waals surface area contributed by atoms with Crippen LogP contribution in [0.25, 0.3) is 0 Å². The zero-order valence-corrected chi connectivity index (χ0v) is 12.3. The van der Waals surface area contributed by atoms with Crippen molar-refractivity contribution in [3.8, 4) is 0 Å². The fourth-order valence-electron chi connectivity index (χ4n) is 1.56. The van der Waals surface area contributed by atoms with Gasteiger partial charge in [-0.05, 0) is 30.3 Å². The molecule has 0 aromatic heterocycles. The predicted octanol–water partition coefficient (Wildman–Crippen LogP) is 4.52. The van der Waals surface area contributed by atoms with E-state index in [0.717, 1.165) is 11.4 Å². The molecule has 0 saturated heterocycles. The van der Waals surface area contributed by atoms with Crippen molar-refractivity contribution in [3.05, 3.63) is 78.6 Å². The van der Waals surface area contributed by atoms with E-state index in [1.807, 2.05) is 66.7 Å². The molecule has 0 bridgehead atoms. The van der Waals surface area contributed by atoms with Crippen molar-refractivity contribution in [1.29, 1.82) is 0 Å². The van der Waals surface area contributed by atoms with Crippen LogP contribution in [0.1, 0.15) is 0 Å². The Labute approximate surface area is 130 Å². The van der Waals surface area contributed by atoms with Crippen LogP contribution in [0.3, 0.4) is 0 Å². The highest BCUT2D eigenvalue weighted by molar-refractivity contribution is 5.85. The Kier molecular flexibility index (Phi) is 7.44. The summed E-state index contributed by atoms with van der Waals surface area (Å²) in [6, 6.07) is 19.3. The number of hydrogen-bond donors (Lipinski definition) is 2. The molecule has 0 radical (unpaired) electrons. The second-order valence-electron chi connectivity index (χ2n) is 4.09. The predicted molar refractivity (Wildman–Crippen MR) is 91.0 cm³/mol.